The molecule has 2 aromatic rings. The molecule has 1 aromatic heterocycles. The molecule has 106 valence electrons. The Labute approximate surface area is 125 Å². The number of hydrogen-bond donors (Lipinski definition) is 1. The Bertz CT molecular complexity index is 738. The average molecular weight is 331 g/mol. The first-order valence-corrected chi connectivity index (χ1v) is 8.15. The number of benzene rings is 1. The van der Waals surface area contributed by atoms with Gasteiger partial charge in [0.25, 0.3) is 15.9 Å². The number of carbonyl (C=O) groups is 1. The summed E-state index contributed by atoms with van der Waals surface area (Å²) in [6, 6.07) is 7.70. The molecule has 0 aliphatic rings. The molecule has 0 aliphatic carbocycles. The molecule has 1 heterocycles. The number of thiophene rings is 1. The van der Waals surface area contributed by atoms with Gasteiger partial charge in [0.15, 0.2) is 0 Å². The van der Waals surface area contributed by atoms with Gasteiger partial charge in [0.1, 0.15) is 9.77 Å². The Morgan fingerprint density at radius 3 is 2.40 bits per heavy atom. The summed E-state index contributed by atoms with van der Waals surface area (Å²) in [5.41, 5.74) is 5.63. The molecule has 0 fully saturated rings. The van der Waals surface area contributed by atoms with Crippen molar-refractivity contribution < 1.29 is 13.2 Å². The van der Waals surface area contributed by atoms with E-state index in [4.69, 9.17) is 17.3 Å². The van der Waals surface area contributed by atoms with Crippen LogP contribution in [0.4, 0.5) is 5.69 Å². The highest BCUT2D eigenvalue weighted by Gasteiger charge is 2.27. The second kappa shape index (κ2) is 5.43. The van der Waals surface area contributed by atoms with Crippen LogP contribution in [0.1, 0.15) is 9.67 Å². The number of primary amides is 1. The predicted octanol–water partition coefficient (Wildman–Crippen LogP) is 2.33. The molecule has 0 spiro atoms. The Hall–Kier alpha value is -1.57. The lowest BCUT2D eigenvalue weighted by Crippen LogP contribution is -2.28. The van der Waals surface area contributed by atoms with Gasteiger partial charge in [0.05, 0.1) is 5.69 Å². The predicted molar refractivity (Wildman–Crippen MR) is 79.9 cm³/mol. The lowest BCUT2D eigenvalue weighted by Gasteiger charge is -2.19. The minimum atomic E-state index is -3.84. The molecule has 1 aromatic carbocycles. The van der Waals surface area contributed by atoms with Crippen molar-refractivity contribution >= 4 is 44.6 Å². The quantitative estimate of drug-likeness (QED) is 0.934. The normalized spacial score (nSPS) is 11.3. The number of carbonyl (C=O) groups excluding carboxylic acids is 1. The average Bonchev–Trinajstić information content (AvgIpc) is 2.89. The molecule has 0 radical (unpaired) electrons. The summed E-state index contributed by atoms with van der Waals surface area (Å²) in [5, 5.41) is 2.02. The van der Waals surface area contributed by atoms with Gasteiger partial charge in [0, 0.05) is 12.1 Å². The fourth-order valence-corrected chi connectivity index (χ4v) is 4.20. The van der Waals surface area contributed by atoms with Crippen molar-refractivity contribution in [1.29, 1.82) is 0 Å². The van der Waals surface area contributed by atoms with Crippen molar-refractivity contribution in [3.05, 3.63) is 45.6 Å². The van der Waals surface area contributed by atoms with Gasteiger partial charge in [-0.3, -0.25) is 9.10 Å². The van der Waals surface area contributed by atoms with Gasteiger partial charge in [-0.1, -0.05) is 11.6 Å². The number of hydrogen-bond acceptors (Lipinski definition) is 4. The smallest absolute Gasteiger partial charge is 0.265 e. The zero-order valence-corrected chi connectivity index (χ0v) is 12.8. The van der Waals surface area contributed by atoms with E-state index in [0.717, 1.165) is 15.6 Å². The number of nitrogens with two attached hydrogens (primary N) is 1. The lowest BCUT2D eigenvalue weighted by molar-refractivity contribution is 0.100. The van der Waals surface area contributed by atoms with Crippen LogP contribution in [0.15, 0.2) is 40.6 Å². The molecule has 8 heteroatoms. The molecule has 0 bridgehead atoms. The number of sulfonamides is 1. The molecule has 2 rings (SSSR count). The van der Waals surface area contributed by atoms with Crippen LogP contribution in [0, 0.1) is 0 Å². The summed E-state index contributed by atoms with van der Waals surface area (Å²) >= 11 is 6.77. The van der Waals surface area contributed by atoms with Crippen LogP contribution < -0.4 is 10.0 Å². The Morgan fingerprint density at radius 1 is 1.25 bits per heavy atom. The number of halogens is 1. The van der Waals surface area contributed by atoms with E-state index in [1.165, 1.54) is 18.5 Å². The van der Waals surface area contributed by atoms with E-state index < -0.39 is 15.9 Å². The van der Waals surface area contributed by atoms with Crippen LogP contribution in [0.3, 0.4) is 0 Å². The summed E-state index contributed by atoms with van der Waals surface area (Å²) in [5.74, 6) is -0.761. The van der Waals surface area contributed by atoms with Crippen LogP contribution in [-0.4, -0.2) is 21.4 Å². The Morgan fingerprint density at radius 2 is 1.85 bits per heavy atom. The third kappa shape index (κ3) is 2.65. The van der Waals surface area contributed by atoms with E-state index in [1.807, 2.05) is 0 Å². The molecule has 5 nitrogen and oxygen atoms in total. The number of nitrogens with zero attached hydrogens (tertiary/aromatic N) is 1. The van der Waals surface area contributed by atoms with E-state index in [9.17, 15) is 13.2 Å². The largest absolute Gasteiger partial charge is 0.365 e. The fourth-order valence-electron chi connectivity index (χ4n) is 1.62. The number of amides is 1. The second-order valence-corrected chi connectivity index (χ2v) is 7.22. The van der Waals surface area contributed by atoms with E-state index >= 15 is 0 Å². The van der Waals surface area contributed by atoms with Crippen molar-refractivity contribution in [3.63, 3.8) is 0 Å². The van der Waals surface area contributed by atoms with Crippen molar-refractivity contribution in [2.45, 2.75) is 4.90 Å². The second-order valence-electron chi connectivity index (χ2n) is 3.93. The van der Waals surface area contributed by atoms with Gasteiger partial charge in [-0.2, -0.15) is 0 Å². The molecule has 0 atom stereocenters. The first-order valence-electron chi connectivity index (χ1n) is 5.46. The van der Waals surface area contributed by atoms with Crippen molar-refractivity contribution in [1.82, 2.24) is 0 Å². The summed E-state index contributed by atoms with van der Waals surface area (Å²) in [6.07, 6.45) is 0. The third-order valence-electron chi connectivity index (χ3n) is 2.68. The Kier molecular flexibility index (Phi) is 4.03. The monoisotopic (exact) mass is 330 g/mol. The molecular formula is C12H11ClN2O3S2. The zero-order valence-electron chi connectivity index (χ0n) is 10.4. The van der Waals surface area contributed by atoms with E-state index in [1.54, 1.807) is 24.3 Å². The summed E-state index contributed by atoms with van der Waals surface area (Å²) < 4.78 is 26.1. The summed E-state index contributed by atoms with van der Waals surface area (Å²) in [6.45, 7) is 0. The van der Waals surface area contributed by atoms with Crippen molar-refractivity contribution in [3.8, 4) is 0 Å². The molecule has 1 amide bonds. The maximum Gasteiger partial charge on any atom is 0.265 e. The van der Waals surface area contributed by atoms with Crippen LogP contribution in [0.2, 0.25) is 5.02 Å². The Balaban J connectivity index is 2.47. The van der Waals surface area contributed by atoms with Crippen LogP contribution in [-0.2, 0) is 10.0 Å². The van der Waals surface area contributed by atoms with Crippen LogP contribution in [0.5, 0.6) is 0 Å². The SMILES string of the molecule is CN(c1ccc(Cl)cc1)S(=O)(=O)c1ccsc1C(N)=O. The first kappa shape index (κ1) is 14.8. The molecule has 2 N–H and O–H groups in total. The van der Waals surface area contributed by atoms with Gasteiger partial charge in [0.2, 0.25) is 0 Å². The van der Waals surface area contributed by atoms with Crippen LogP contribution in [0.25, 0.3) is 0 Å². The van der Waals surface area contributed by atoms with Gasteiger partial charge < -0.3 is 5.73 Å². The minimum Gasteiger partial charge on any atom is -0.365 e. The van der Waals surface area contributed by atoms with Gasteiger partial charge in [-0.05, 0) is 35.7 Å². The maximum absolute atomic E-state index is 12.5. The highest BCUT2D eigenvalue weighted by Crippen LogP contribution is 2.28. The first-order chi connectivity index (χ1) is 9.34. The standard InChI is InChI=1S/C12H11ClN2O3S2/c1-15(9-4-2-8(13)3-5-9)20(17,18)10-6-7-19-11(10)12(14)16/h2-7H,1H3,(H2,14,16). The van der Waals surface area contributed by atoms with Crippen molar-refractivity contribution in [2.75, 3.05) is 11.4 Å². The van der Waals surface area contributed by atoms with Crippen molar-refractivity contribution in [2.24, 2.45) is 5.73 Å². The van der Waals surface area contributed by atoms with E-state index in [-0.39, 0.29) is 9.77 Å². The fraction of sp³-hybridized carbons (Fsp3) is 0.0833. The van der Waals surface area contributed by atoms with E-state index in [2.05, 4.69) is 0 Å². The summed E-state index contributed by atoms with van der Waals surface area (Å²) in [7, 11) is -2.43. The highest BCUT2D eigenvalue weighted by molar-refractivity contribution is 7.93. The van der Waals surface area contributed by atoms with Gasteiger partial charge >= 0.3 is 0 Å². The van der Waals surface area contributed by atoms with Gasteiger partial charge in [-0.25, -0.2) is 8.42 Å². The maximum atomic E-state index is 12.5. The minimum absolute atomic E-state index is 0.0193. The van der Waals surface area contributed by atoms with Crippen LogP contribution >= 0.6 is 22.9 Å². The molecule has 0 saturated heterocycles. The van der Waals surface area contributed by atoms with Gasteiger partial charge in [-0.15, -0.1) is 11.3 Å². The zero-order chi connectivity index (χ0) is 14.9. The highest BCUT2D eigenvalue weighted by atomic mass is 35.5. The molecule has 0 saturated carbocycles. The molecule has 0 aliphatic heterocycles. The molecule has 20 heavy (non-hydrogen) atoms. The topological polar surface area (TPSA) is 80.5 Å². The molecular weight excluding hydrogens is 320 g/mol. The van der Waals surface area contributed by atoms with E-state index in [0.29, 0.717) is 10.7 Å². The number of anilines is 1. The molecule has 0 unspecified atom stereocenters. The lowest BCUT2D eigenvalue weighted by atomic mass is 10.3. The number of rotatable bonds is 4. The third-order valence-corrected chi connectivity index (χ3v) is 5.82. The summed E-state index contributed by atoms with van der Waals surface area (Å²) in [4.78, 5) is 11.2.